The van der Waals surface area contributed by atoms with Gasteiger partial charge in [0, 0.05) is 17.8 Å². The molecule has 1 atom stereocenters. The summed E-state index contributed by atoms with van der Waals surface area (Å²) in [5, 5.41) is 3.79. The molecule has 2 heteroatoms. The van der Waals surface area contributed by atoms with Gasteiger partial charge in [-0.15, -0.1) is 0 Å². The van der Waals surface area contributed by atoms with E-state index in [0.29, 0.717) is 5.41 Å². The minimum atomic E-state index is 0.534. The van der Waals surface area contributed by atoms with Gasteiger partial charge in [-0.05, 0) is 30.4 Å². The lowest BCUT2D eigenvalue weighted by Gasteiger charge is -2.37. The zero-order valence-electron chi connectivity index (χ0n) is 10.1. The quantitative estimate of drug-likeness (QED) is 0.772. The van der Waals surface area contributed by atoms with Gasteiger partial charge in [0.1, 0.15) is 0 Å². The standard InChI is InChI=1S/C12H25NS/c1-5-10(6-2)13-11-7-12(3,4)9-14-8-11/h10-11,13H,5-9H2,1-4H3. The molecule has 84 valence electrons. The van der Waals surface area contributed by atoms with Crippen LogP contribution in [0, 0.1) is 5.41 Å². The molecular weight excluding hydrogens is 190 g/mol. The molecule has 0 aromatic heterocycles. The highest BCUT2D eigenvalue weighted by Crippen LogP contribution is 2.33. The fourth-order valence-corrected chi connectivity index (χ4v) is 3.51. The van der Waals surface area contributed by atoms with Crippen LogP contribution >= 0.6 is 11.8 Å². The molecule has 1 fully saturated rings. The van der Waals surface area contributed by atoms with Gasteiger partial charge in [-0.1, -0.05) is 27.7 Å². The molecule has 0 amide bonds. The summed E-state index contributed by atoms with van der Waals surface area (Å²) in [5.41, 5.74) is 0.534. The van der Waals surface area contributed by atoms with Crippen LogP contribution in [0.4, 0.5) is 0 Å². The predicted octanol–water partition coefficient (Wildman–Crippen LogP) is 3.30. The summed E-state index contributed by atoms with van der Waals surface area (Å²) in [7, 11) is 0. The second kappa shape index (κ2) is 5.41. The van der Waals surface area contributed by atoms with Crippen LogP contribution in [0.2, 0.25) is 0 Å². The van der Waals surface area contributed by atoms with Crippen molar-refractivity contribution in [1.82, 2.24) is 5.32 Å². The molecule has 0 aromatic rings. The van der Waals surface area contributed by atoms with Crippen LogP contribution in [0.5, 0.6) is 0 Å². The molecule has 0 aromatic carbocycles. The maximum absolute atomic E-state index is 3.79. The van der Waals surface area contributed by atoms with Crippen LogP contribution in [0.15, 0.2) is 0 Å². The second-order valence-electron chi connectivity index (χ2n) is 5.26. The number of rotatable bonds is 4. The number of thioether (sulfide) groups is 1. The second-order valence-corrected chi connectivity index (χ2v) is 6.29. The zero-order chi connectivity index (χ0) is 10.6. The van der Waals surface area contributed by atoms with E-state index < -0.39 is 0 Å². The van der Waals surface area contributed by atoms with E-state index in [1.807, 2.05) is 0 Å². The highest BCUT2D eigenvalue weighted by atomic mass is 32.2. The average Bonchev–Trinajstić information content (AvgIpc) is 2.12. The van der Waals surface area contributed by atoms with Crippen molar-refractivity contribution in [3.05, 3.63) is 0 Å². The summed E-state index contributed by atoms with van der Waals surface area (Å²) >= 11 is 2.11. The first-order chi connectivity index (χ1) is 6.57. The third kappa shape index (κ3) is 3.82. The number of nitrogens with one attached hydrogen (secondary N) is 1. The first-order valence-electron chi connectivity index (χ1n) is 5.91. The Morgan fingerprint density at radius 3 is 2.50 bits per heavy atom. The van der Waals surface area contributed by atoms with Gasteiger partial charge in [0.2, 0.25) is 0 Å². The van der Waals surface area contributed by atoms with E-state index in [1.54, 1.807) is 0 Å². The molecule has 0 spiro atoms. The fraction of sp³-hybridized carbons (Fsp3) is 1.00. The zero-order valence-corrected chi connectivity index (χ0v) is 10.9. The van der Waals surface area contributed by atoms with Crippen LogP contribution in [0.25, 0.3) is 0 Å². The summed E-state index contributed by atoms with van der Waals surface area (Å²) in [5.74, 6) is 2.63. The molecule has 1 N–H and O–H groups in total. The molecule has 1 heterocycles. The molecule has 0 bridgehead atoms. The van der Waals surface area contributed by atoms with Crippen LogP contribution in [0.3, 0.4) is 0 Å². The van der Waals surface area contributed by atoms with Crippen molar-refractivity contribution in [1.29, 1.82) is 0 Å². The highest BCUT2D eigenvalue weighted by molar-refractivity contribution is 7.99. The molecule has 1 rings (SSSR count). The molecule has 1 aliphatic heterocycles. The third-order valence-electron chi connectivity index (χ3n) is 3.07. The monoisotopic (exact) mass is 215 g/mol. The van der Waals surface area contributed by atoms with Crippen molar-refractivity contribution < 1.29 is 0 Å². The van der Waals surface area contributed by atoms with Gasteiger partial charge in [-0.2, -0.15) is 11.8 Å². The Labute approximate surface area is 93.4 Å². The average molecular weight is 215 g/mol. The molecule has 14 heavy (non-hydrogen) atoms. The molecule has 1 saturated heterocycles. The minimum absolute atomic E-state index is 0.534. The largest absolute Gasteiger partial charge is 0.310 e. The Morgan fingerprint density at radius 2 is 2.00 bits per heavy atom. The van der Waals surface area contributed by atoms with Gasteiger partial charge < -0.3 is 5.32 Å². The molecule has 1 aliphatic rings. The molecule has 1 unspecified atom stereocenters. The van der Waals surface area contributed by atoms with Gasteiger partial charge in [0.25, 0.3) is 0 Å². The van der Waals surface area contributed by atoms with Gasteiger partial charge in [0.05, 0.1) is 0 Å². The maximum atomic E-state index is 3.79. The van der Waals surface area contributed by atoms with E-state index in [1.165, 1.54) is 30.8 Å². The van der Waals surface area contributed by atoms with Crippen molar-refractivity contribution in [3.8, 4) is 0 Å². The van der Waals surface area contributed by atoms with Crippen LogP contribution in [0.1, 0.15) is 47.0 Å². The van der Waals surface area contributed by atoms with E-state index in [2.05, 4.69) is 44.8 Å². The Morgan fingerprint density at radius 1 is 1.36 bits per heavy atom. The van der Waals surface area contributed by atoms with E-state index in [4.69, 9.17) is 0 Å². The minimum Gasteiger partial charge on any atom is -0.310 e. The summed E-state index contributed by atoms with van der Waals surface area (Å²) < 4.78 is 0. The highest BCUT2D eigenvalue weighted by Gasteiger charge is 2.28. The SMILES string of the molecule is CCC(CC)NC1CSCC(C)(C)C1. The van der Waals surface area contributed by atoms with Crippen molar-refractivity contribution in [2.24, 2.45) is 5.41 Å². The molecule has 1 nitrogen and oxygen atoms in total. The maximum Gasteiger partial charge on any atom is 0.0166 e. The topological polar surface area (TPSA) is 12.0 Å². The van der Waals surface area contributed by atoms with Crippen LogP contribution in [-0.2, 0) is 0 Å². The Balaban J connectivity index is 2.37. The van der Waals surface area contributed by atoms with Crippen LogP contribution in [-0.4, -0.2) is 23.6 Å². The molecule has 0 radical (unpaired) electrons. The van der Waals surface area contributed by atoms with E-state index in [9.17, 15) is 0 Å². The first kappa shape index (κ1) is 12.4. The van der Waals surface area contributed by atoms with E-state index >= 15 is 0 Å². The van der Waals surface area contributed by atoms with Gasteiger partial charge >= 0.3 is 0 Å². The number of hydrogen-bond donors (Lipinski definition) is 1. The molecular formula is C12H25NS. The van der Waals surface area contributed by atoms with Crippen molar-refractivity contribution in [2.45, 2.75) is 59.0 Å². The van der Waals surface area contributed by atoms with Crippen molar-refractivity contribution in [3.63, 3.8) is 0 Å². The van der Waals surface area contributed by atoms with Gasteiger partial charge in [-0.25, -0.2) is 0 Å². The summed E-state index contributed by atoms with van der Waals surface area (Å²) in [6, 6.07) is 1.48. The lowest BCUT2D eigenvalue weighted by atomic mass is 9.87. The summed E-state index contributed by atoms with van der Waals surface area (Å²) in [6.07, 6.45) is 3.87. The predicted molar refractivity (Wildman–Crippen MR) is 67.0 cm³/mol. The van der Waals surface area contributed by atoms with Crippen molar-refractivity contribution in [2.75, 3.05) is 11.5 Å². The number of hydrogen-bond acceptors (Lipinski definition) is 2. The van der Waals surface area contributed by atoms with E-state index in [0.717, 1.165) is 12.1 Å². The van der Waals surface area contributed by atoms with Gasteiger partial charge in [-0.3, -0.25) is 0 Å². The summed E-state index contributed by atoms with van der Waals surface area (Å²) in [4.78, 5) is 0. The van der Waals surface area contributed by atoms with E-state index in [-0.39, 0.29) is 0 Å². The van der Waals surface area contributed by atoms with Gasteiger partial charge in [0.15, 0.2) is 0 Å². The van der Waals surface area contributed by atoms with Crippen molar-refractivity contribution >= 4 is 11.8 Å². The first-order valence-corrected chi connectivity index (χ1v) is 7.06. The summed E-state index contributed by atoms with van der Waals surface area (Å²) in [6.45, 7) is 9.34. The Hall–Kier alpha value is 0.310. The smallest absolute Gasteiger partial charge is 0.0166 e. The normalized spacial score (nSPS) is 26.8. The molecule has 0 aliphatic carbocycles. The molecule has 0 saturated carbocycles. The lowest BCUT2D eigenvalue weighted by Crippen LogP contribution is -2.44. The Bertz CT molecular complexity index is 164. The third-order valence-corrected chi connectivity index (χ3v) is 4.69. The fourth-order valence-electron chi connectivity index (χ4n) is 2.23. The lowest BCUT2D eigenvalue weighted by molar-refractivity contribution is 0.295. The Kier molecular flexibility index (Phi) is 4.78. The van der Waals surface area contributed by atoms with Crippen LogP contribution < -0.4 is 5.32 Å².